The number of nitrogens with one attached hydrogen (secondary N) is 1. The van der Waals surface area contributed by atoms with Crippen LogP contribution in [0.5, 0.6) is 0 Å². The number of hydrogen-bond acceptors (Lipinski definition) is 4. The Labute approximate surface area is 121 Å². The van der Waals surface area contributed by atoms with Gasteiger partial charge in [0.25, 0.3) is 5.91 Å². The van der Waals surface area contributed by atoms with E-state index in [0.29, 0.717) is 17.1 Å². The lowest BCUT2D eigenvalue weighted by molar-refractivity contribution is 0.0948. The summed E-state index contributed by atoms with van der Waals surface area (Å²) in [6.07, 6.45) is 4.82. The third-order valence-corrected chi connectivity index (χ3v) is 3.07. The van der Waals surface area contributed by atoms with Crippen LogP contribution in [0.4, 0.5) is 0 Å². The van der Waals surface area contributed by atoms with E-state index in [0.717, 1.165) is 11.2 Å². The van der Waals surface area contributed by atoms with Crippen molar-refractivity contribution >= 4 is 17.8 Å². The van der Waals surface area contributed by atoms with Gasteiger partial charge in [-0.15, -0.1) is 0 Å². The molecule has 0 aliphatic heterocycles. The monoisotopic (exact) mass is 282 g/mol. The summed E-state index contributed by atoms with van der Waals surface area (Å²) in [6, 6.07) is 7.35. The van der Waals surface area contributed by atoms with Gasteiger partial charge >= 0.3 is 0 Å². The molecule has 0 bridgehead atoms. The number of amides is 1. The second-order valence-corrected chi connectivity index (χ2v) is 4.69. The zero-order chi connectivity index (χ0) is 14.8. The predicted octanol–water partition coefficient (Wildman–Crippen LogP) is 2.31. The van der Waals surface area contributed by atoms with Crippen LogP contribution in [0.3, 0.4) is 0 Å². The number of carbonyl (C=O) groups is 1. The summed E-state index contributed by atoms with van der Waals surface area (Å²) in [4.78, 5) is 16.6. The van der Waals surface area contributed by atoms with E-state index < -0.39 is 0 Å². The number of aryl methyl sites for hydroxylation is 2. The van der Waals surface area contributed by atoms with E-state index in [1.807, 2.05) is 25.3 Å². The molecule has 1 amide bonds. The molecule has 6 nitrogen and oxygen atoms in total. The van der Waals surface area contributed by atoms with E-state index >= 15 is 0 Å². The molecule has 106 valence electrons. The summed E-state index contributed by atoms with van der Waals surface area (Å²) in [5.41, 5.74) is 5.45. The van der Waals surface area contributed by atoms with Crippen LogP contribution >= 0.6 is 0 Å². The summed E-state index contributed by atoms with van der Waals surface area (Å²) in [7, 11) is 0. The van der Waals surface area contributed by atoms with Crippen LogP contribution in [-0.2, 0) is 0 Å². The van der Waals surface area contributed by atoms with E-state index in [-0.39, 0.29) is 5.91 Å². The van der Waals surface area contributed by atoms with Gasteiger partial charge in [0.2, 0.25) is 0 Å². The van der Waals surface area contributed by atoms with Crippen LogP contribution in [0, 0.1) is 13.8 Å². The quantitative estimate of drug-likeness (QED) is 0.592. The summed E-state index contributed by atoms with van der Waals surface area (Å²) >= 11 is 0. The molecule has 0 radical (unpaired) electrons. The zero-order valence-corrected chi connectivity index (χ0v) is 11.7. The van der Waals surface area contributed by atoms with Crippen molar-refractivity contribution in [3.8, 4) is 0 Å². The molecular weight excluding hydrogens is 268 g/mol. The number of fused-ring (bicyclic) bond motifs is 1. The molecule has 0 spiro atoms. The average molecular weight is 282 g/mol. The first-order chi connectivity index (χ1) is 10.1. The third kappa shape index (κ3) is 2.55. The number of nitrogens with zero attached hydrogens (tertiary/aromatic N) is 3. The molecule has 3 rings (SSSR count). The van der Waals surface area contributed by atoms with Crippen molar-refractivity contribution in [2.24, 2.45) is 5.10 Å². The maximum absolute atomic E-state index is 12.2. The average Bonchev–Trinajstić information content (AvgIpc) is 3.04. The standard InChI is InChI=1S/C15H14N4O2/c1-10-5-6-19-13(8-10)17-11(2)14(19)15(20)18-16-9-12-4-3-7-21-12/h3-9H,1-2H3,(H,18,20)/b16-9-. The predicted molar refractivity (Wildman–Crippen MR) is 78.4 cm³/mol. The minimum atomic E-state index is -0.313. The lowest BCUT2D eigenvalue weighted by Gasteiger charge is -2.01. The van der Waals surface area contributed by atoms with Gasteiger partial charge in [-0.25, -0.2) is 10.4 Å². The molecule has 21 heavy (non-hydrogen) atoms. The fourth-order valence-electron chi connectivity index (χ4n) is 2.11. The van der Waals surface area contributed by atoms with E-state index in [1.54, 1.807) is 29.7 Å². The topological polar surface area (TPSA) is 71.9 Å². The molecule has 0 aromatic carbocycles. The lowest BCUT2D eigenvalue weighted by Crippen LogP contribution is -2.20. The molecule has 6 heteroatoms. The third-order valence-electron chi connectivity index (χ3n) is 3.07. The van der Waals surface area contributed by atoms with Gasteiger partial charge in [-0.2, -0.15) is 5.10 Å². The first-order valence-electron chi connectivity index (χ1n) is 6.47. The molecule has 1 N–H and O–H groups in total. The molecule has 0 saturated heterocycles. The number of hydrogen-bond donors (Lipinski definition) is 1. The maximum atomic E-state index is 12.2. The fraction of sp³-hybridized carbons (Fsp3) is 0.133. The van der Waals surface area contributed by atoms with Crippen LogP contribution in [0.25, 0.3) is 5.65 Å². The smallest absolute Gasteiger partial charge is 0.290 e. The van der Waals surface area contributed by atoms with Crippen LogP contribution in [0.15, 0.2) is 46.2 Å². The molecule has 0 fully saturated rings. The SMILES string of the molecule is Cc1ccn2c(C(=O)N/N=C\c3ccco3)c(C)nc2c1. The first kappa shape index (κ1) is 13.1. The Balaban J connectivity index is 1.86. The number of carbonyl (C=O) groups excluding carboxylic acids is 1. The number of rotatable bonds is 3. The van der Waals surface area contributed by atoms with E-state index in [2.05, 4.69) is 15.5 Å². The number of hydrazone groups is 1. The Kier molecular flexibility index (Phi) is 3.27. The first-order valence-corrected chi connectivity index (χ1v) is 6.47. The molecular formula is C15H14N4O2. The summed E-state index contributed by atoms with van der Waals surface area (Å²) in [5.74, 6) is 0.257. The van der Waals surface area contributed by atoms with Crippen molar-refractivity contribution < 1.29 is 9.21 Å². The number of furan rings is 1. The minimum Gasteiger partial charge on any atom is -0.463 e. The van der Waals surface area contributed by atoms with Crippen LogP contribution in [-0.4, -0.2) is 21.5 Å². The van der Waals surface area contributed by atoms with Crippen LogP contribution in [0.1, 0.15) is 27.5 Å². The Hall–Kier alpha value is -2.89. The maximum Gasteiger partial charge on any atom is 0.290 e. The highest BCUT2D eigenvalue weighted by molar-refractivity contribution is 5.95. The van der Waals surface area contributed by atoms with Crippen molar-refractivity contribution in [2.75, 3.05) is 0 Å². The Morgan fingerprint density at radius 1 is 1.43 bits per heavy atom. The largest absolute Gasteiger partial charge is 0.463 e. The summed E-state index contributed by atoms with van der Waals surface area (Å²) in [6.45, 7) is 3.78. The molecule has 3 aromatic rings. The highest BCUT2D eigenvalue weighted by Gasteiger charge is 2.15. The fourth-order valence-corrected chi connectivity index (χ4v) is 2.11. The van der Waals surface area contributed by atoms with E-state index in [9.17, 15) is 4.79 Å². The van der Waals surface area contributed by atoms with Gasteiger partial charge in [-0.3, -0.25) is 9.20 Å². The molecule has 0 unspecified atom stereocenters. The van der Waals surface area contributed by atoms with Gasteiger partial charge in [0.05, 0.1) is 18.2 Å². The molecule has 0 saturated carbocycles. The van der Waals surface area contributed by atoms with Crippen molar-refractivity contribution in [1.82, 2.24) is 14.8 Å². The van der Waals surface area contributed by atoms with Crippen molar-refractivity contribution in [1.29, 1.82) is 0 Å². The van der Waals surface area contributed by atoms with Crippen molar-refractivity contribution in [2.45, 2.75) is 13.8 Å². The van der Waals surface area contributed by atoms with Gasteiger partial charge in [0, 0.05) is 6.20 Å². The van der Waals surface area contributed by atoms with Crippen molar-refractivity contribution in [3.63, 3.8) is 0 Å². The number of pyridine rings is 1. The summed E-state index contributed by atoms with van der Waals surface area (Å²) < 4.78 is 6.85. The summed E-state index contributed by atoms with van der Waals surface area (Å²) in [5, 5.41) is 3.88. The van der Waals surface area contributed by atoms with Crippen LogP contribution in [0.2, 0.25) is 0 Å². The Morgan fingerprint density at radius 2 is 2.29 bits per heavy atom. The number of imidazole rings is 1. The Morgan fingerprint density at radius 3 is 3.05 bits per heavy atom. The number of aromatic nitrogens is 2. The molecule has 0 aliphatic carbocycles. The molecule has 3 aromatic heterocycles. The van der Waals surface area contributed by atoms with E-state index in [4.69, 9.17) is 4.42 Å². The molecule has 0 aliphatic rings. The second kappa shape index (κ2) is 5.24. The highest BCUT2D eigenvalue weighted by Crippen LogP contribution is 2.13. The second-order valence-electron chi connectivity index (χ2n) is 4.69. The Bertz CT molecular complexity index is 816. The minimum absolute atomic E-state index is 0.313. The molecule has 3 heterocycles. The van der Waals surface area contributed by atoms with Crippen molar-refractivity contribution in [3.05, 3.63) is 59.4 Å². The van der Waals surface area contributed by atoms with E-state index in [1.165, 1.54) is 6.21 Å². The lowest BCUT2D eigenvalue weighted by atomic mass is 10.3. The normalized spacial score (nSPS) is 11.3. The van der Waals surface area contributed by atoms with Crippen LogP contribution < -0.4 is 5.43 Å². The van der Waals surface area contributed by atoms with Gasteiger partial charge in [-0.1, -0.05) is 0 Å². The zero-order valence-electron chi connectivity index (χ0n) is 11.7. The van der Waals surface area contributed by atoms with Gasteiger partial charge in [0.1, 0.15) is 17.1 Å². The van der Waals surface area contributed by atoms with Gasteiger partial charge < -0.3 is 4.42 Å². The van der Waals surface area contributed by atoms with Gasteiger partial charge in [0.15, 0.2) is 0 Å². The highest BCUT2D eigenvalue weighted by atomic mass is 16.3. The molecule has 0 atom stereocenters. The van der Waals surface area contributed by atoms with Gasteiger partial charge in [-0.05, 0) is 43.7 Å².